The highest BCUT2D eigenvalue weighted by Crippen LogP contribution is 2.30. The van der Waals surface area contributed by atoms with Crippen LogP contribution < -0.4 is 10.9 Å². The zero-order chi connectivity index (χ0) is 17.1. The Bertz CT molecular complexity index is 785. The molecule has 0 spiro atoms. The minimum atomic E-state index is -0.150. The van der Waals surface area contributed by atoms with Crippen LogP contribution in [-0.2, 0) is 6.54 Å². The minimum Gasteiger partial charge on any atom is -0.334 e. The fourth-order valence-corrected chi connectivity index (χ4v) is 3.26. The topological polar surface area (TPSA) is 78.1 Å². The number of rotatable bonds is 3. The molecule has 0 bridgehead atoms. The number of carbonyl (C=O) groups is 1. The Kier molecular flexibility index (Phi) is 4.64. The van der Waals surface area contributed by atoms with Gasteiger partial charge in [0.05, 0.1) is 18.3 Å². The Morgan fingerprint density at radius 2 is 2.25 bits per heavy atom. The summed E-state index contributed by atoms with van der Waals surface area (Å²) in [6.45, 7) is 4.66. The zero-order valence-electron chi connectivity index (χ0n) is 14.0. The molecule has 0 aromatic carbocycles. The average Bonchev–Trinajstić information content (AvgIpc) is 3.04. The second-order valence-electron chi connectivity index (χ2n) is 6.21. The normalized spacial score (nSPS) is 17.1. The molecule has 2 amide bonds. The summed E-state index contributed by atoms with van der Waals surface area (Å²) in [6, 6.07) is 7.52. The van der Waals surface area contributed by atoms with Gasteiger partial charge in [0.1, 0.15) is 0 Å². The van der Waals surface area contributed by atoms with E-state index in [1.54, 1.807) is 11.1 Å². The molecule has 0 aliphatic carbocycles. The van der Waals surface area contributed by atoms with Gasteiger partial charge in [0.2, 0.25) is 0 Å². The van der Waals surface area contributed by atoms with Gasteiger partial charge in [-0.05, 0) is 50.5 Å². The monoisotopic (exact) mass is 326 g/mol. The molecule has 1 atom stereocenters. The Balaban J connectivity index is 1.70. The van der Waals surface area contributed by atoms with Gasteiger partial charge in [0.15, 0.2) is 0 Å². The van der Waals surface area contributed by atoms with Gasteiger partial charge in [0, 0.05) is 24.0 Å². The van der Waals surface area contributed by atoms with Crippen LogP contribution in [0.5, 0.6) is 0 Å². The van der Waals surface area contributed by atoms with Crippen LogP contribution in [0.2, 0.25) is 0 Å². The van der Waals surface area contributed by atoms with Crippen molar-refractivity contribution in [3.05, 3.63) is 63.3 Å². The van der Waals surface area contributed by atoms with Crippen molar-refractivity contribution in [1.82, 2.24) is 20.2 Å². The van der Waals surface area contributed by atoms with Crippen molar-refractivity contribution in [2.24, 2.45) is 0 Å². The third-order valence-electron chi connectivity index (χ3n) is 4.45. The quantitative estimate of drug-likeness (QED) is 0.909. The minimum absolute atomic E-state index is 0.00333. The van der Waals surface area contributed by atoms with Gasteiger partial charge in [-0.25, -0.2) is 4.79 Å². The largest absolute Gasteiger partial charge is 0.334 e. The van der Waals surface area contributed by atoms with Crippen molar-refractivity contribution in [2.45, 2.75) is 39.3 Å². The molecule has 6 nitrogen and oxygen atoms in total. The maximum absolute atomic E-state index is 12.6. The number of pyridine rings is 2. The summed E-state index contributed by atoms with van der Waals surface area (Å²) >= 11 is 0. The first kappa shape index (κ1) is 16.2. The molecule has 3 heterocycles. The van der Waals surface area contributed by atoms with Crippen molar-refractivity contribution in [3.8, 4) is 0 Å². The van der Waals surface area contributed by atoms with Crippen LogP contribution in [0.1, 0.15) is 41.4 Å². The highest BCUT2D eigenvalue weighted by atomic mass is 16.2. The molecule has 1 aliphatic heterocycles. The number of urea groups is 1. The van der Waals surface area contributed by atoms with Crippen LogP contribution >= 0.6 is 0 Å². The van der Waals surface area contributed by atoms with Crippen LogP contribution in [0.25, 0.3) is 0 Å². The average molecular weight is 326 g/mol. The molecule has 0 radical (unpaired) electrons. The van der Waals surface area contributed by atoms with Gasteiger partial charge < -0.3 is 15.2 Å². The maximum atomic E-state index is 12.6. The van der Waals surface area contributed by atoms with E-state index in [4.69, 9.17) is 0 Å². The number of carbonyl (C=O) groups excluding carboxylic acids is 1. The summed E-state index contributed by atoms with van der Waals surface area (Å²) in [6.07, 6.45) is 3.62. The van der Waals surface area contributed by atoms with Crippen molar-refractivity contribution in [1.29, 1.82) is 0 Å². The molecular weight excluding hydrogens is 304 g/mol. The number of hydrogen-bond acceptors (Lipinski definition) is 3. The van der Waals surface area contributed by atoms with E-state index in [0.29, 0.717) is 12.1 Å². The highest BCUT2D eigenvalue weighted by Gasteiger charge is 2.30. The zero-order valence-corrected chi connectivity index (χ0v) is 14.0. The molecule has 24 heavy (non-hydrogen) atoms. The molecule has 1 aliphatic rings. The van der Waals surface area contributed by atoms with Crippen LogP contribution in [0, 0.1) is 13.8 Å². The Labute approximate surface area is 140 Å². The van der Waals surface area contributed by atoms with Gasteiger partial charge in [0.25, 0.3) is 5.56 Å². The van der Waals surface area contributed by atoms with Crippen LogP contribution in [0.4, 0.5) is 4.79 Å². The maximum Gasteiger partial charge on any atom is 0.318 e. The molecule has 3 rings (SSSR count). The van der Waals surface area contributed by atoms with Gasteiger partial charge in [-0.3, -0.25) is 9.78 Å². The number of likely N-dealkylation sites (tertiary alicyclic amines) is 1. The van der Waals surface area contributed by atoms with E-state index in [1.165, 1.54) is 0 Å². The second kappa shape index (κ2) is 6.86. The number of aromatic amines is 1. The Morgan fingerprint density at radius 1 is 1.42 bits per heavy atom. The number of nitrogens with one attached hydrogen (secondary N) is 2. The highest BCUT2D eigenvalue weighted by molar-refractivity contribution is 5.75. The van der Waals surface area contributed by atoms with Gasteiger partial charge in [-0.2, -0.15) is 0 Å². The molecule has 2 aromatic heterocycles. The molecule has 1 fully saturated rings. The lowest BCUT2D eigenvalue weighted by molar-refractivity contribution is 0.191. The molecular formula is C18H22N4O2. The standard InChI is InChI=1S/C18H22N4O2/c1-12-10-13(2)21-17(23)14(12)11-20-18(24)22-9-5-7-16(22)15-6-3-4-8-19-15/h3-4,6,8,10,16H,5,7,9,11H2,1-2H3,(H,20,24)(H,21,23)/t16-/m1/s1. The number of aromatic nitrogens is 2. The first-order chi connectivity index (χ1) is 11.6. The fraction of sp³-hybridized carbons (Fsp3) is 0.389. The molecule has 1 saturated heterocycles. The second-order valence-corrected chi connectivity index (χ2v) is 6.21. The van der Waals surface area contributed by atoms with Crippen molar-refractivity contribution in [3.63, 3.8) is 0 Å². The van der Waals surface area contributed by atoms with Crippen molar-refractivity contribution < 1.29 is 4.79 Å². The molecule has 6 heteroatoms. The van der Waals surface area contributed by atoms with Crippen molar-refractivity contribution >= 4 is 6.03 Å². The van der Waals surface area contributed by atoms with E-state index in [1.807, 2.05) is 38.1 Å². The van der Waals surface area contributed by atoms with E-state index in [-0.39, 0.29) is 24.2 Å². The van der Waals surface area contributed by atoms with Crippen molar-refractivity contribution in [2.75, 3.05) is 6.54 Å². The van der Waals surface area contributed by atoms with Crippen LogP contribution in [0.15, 0.2) is 35.3 Å². The van der Waals surface area contributed by atoms with Gasteiger partial charge in [-0.1, -0.05) is 6.07 Å². The molecule has 2 aromatic rings. The summed E-state index contributed by atoms with van der Waals surface area (Å²) in [5.74, 6) is 0. The van der Waals surface area contributed by atoms with E-state index in [9.17, 15) is 9.59 Å². The lowest BCUT2D eigenvalue weighted by atomic mass is 10.1. The SMILES string of the molecule is Cc1cc(C)c(CNC(=O)N2CCC[C@@H]2c2ccccn2)c(=O)[nH]1. The van der Waals surface area contributed by atoms with Gasteiger partial charge >= 0.3 is 6.03 Å². The van der Waals surface area contributed by atoms with E-state index in [0.717, 1.165) is 29.8 Å². The third-order valence-corrected chi connectivity index (χ3v) is 4.45. The van der Waals surface area contributed by atoms with E-state index in [2.05, 4.69) is 15.3 Å². The summed E-state index contributed by atoms with van der Waals surface area (Å²) < 4.78 is 0. The first-order valence-electron chi connectivity index (χ1n) is 8.21. The first-order valence-corrected chi connectivity index (χ1v) is 8.21. The fourth-order valence-electron chi connectivity index (χ4n) is 3.26. The smallest absolute Gasteiger partial charge is 0.318 e. The number of hydrogen-bond donors (Lipinski definition) is 2. The molecule has 0 saturated carbocycles. The molecule has 2 N–H and O–H groups in total. The van der Waals surface area contributed by atoms with Crippen LogP contribution in [0.3, 0.4) is 0 Å². The van der Waals surface area contributed by atoms with E-state index < -0.39 is 0 Å². The number of aryl methyl sites for hydroxylation is 2. The lowest BCUT2D eigenvalue weighted by Crippen LogP contribution is -2.40. The lowest BCUT2D eigenvalue weighted by Gasteiger charge is -2.24. The summed E-state index contributed by atoms with van der Waals surface area (Å²) in [5, 5.41) is 2.88. The summed E-state index contributed by atoms with van der Waals surface area (Å²) in [5.41, 5.74) is 3.08. The van der Waals surface area contributed by atoms with Crippen LogP contribution in [-0.4, -0.2) is 27.4 Å². The predicted octanol–water partition coefficient (Wildman–Crippen LogP) is 2.43. The number of amides is 2. The summed E-state index contributed by atoms with van der Waals surface area (Å²) in [4.78, 5) is 33.6. The number of H-pyrrole nitrogens is 1. The van der Waals surface area contributed by atoms with Gasteiger partial charge in [-0.15, -0.1) is 0 Å². The summed E-state index contributed by atoms with van der Waals surface area (Å²) in [7, 11) is 0. The Morgan fingerprint density at radius 3 is 2.96 bits per heavy atom. The molecule has 0 unspecified atom stereocenters. The predicted molar refractivity (Wildman–Crippen MR) is 91.7 cm³/mol. The Hall–Kier alpha value is -2.63. The van der Waals surface area contributed by atoms with E-state index >= 15 is 0 Å². The number of nitrogens with zero attached hydrogens (tertiary/aromatic N) is 2. The third kappa shape index (κ3) is 3.32. The molecule has 126 valence electrons.